The lowest BCUT2D eigenvalue weighted by atomic mass is 9.95. The number of nitrogens with one attached hydrogen (secondary N) is 3. The number of benzene rings is 2. The van der Waals surface area contributed by atoms with Crippen LogP contribution in [0.25, 0.3) is 0 Å². The van der Waals surface area contributed by atoms with Gasteiger partial charge in [0.1, 0.15) is 0 Å². The highest BCUT2D eigenvalue weighted by Crippen LogP contribution is 2.27. The Bertz CT molecular complexity index is 926. The maximum atomic E-state index is 12.8. The first-order valence-electron chi connectivity index (χ1n) is 8.07. The number of hydrazone groups is 1. The first-order chi connectivity index (χ1) is 12.9. The van der Waals surface area contributed by atoms with Gasteiger partial charge in [-0.1, -0.05) is 51.8 Å². The summed E-state index contributed by atoms with van der Waals surface area (Å²) in [6.45, 7) is 1.82. The van der Waals surface area contributed by atoms with Crippen LogP contribution in [0.1, 0.15) is 24.1 Å². The molecule has 2 aromatic carbocycles. The van der Waals surface area contributed by atoms with Crippen LogP contribution >= 0.6 is 39.7 Å². The molecule has 1 heterocycles. The number of rotatable bonds is 4. The lowest BCUT2D eigenvalue weighted by Crippen LogP contribution is -2.46. The molecule has 2 aromatic rings. The highest BCUT2D eigenvalue weighted by atomic mass is 79.9. The van der Waals surface area contributed by atoms with E-state index in [-0.39, 0.29) is 11.9 Å². The van der Waals surface area contributed by atoms with Gasteiger partial charge in [-0.05, 0) is 54.5 Å². The van der Waals surface area contributed by atoms with Gasteiger partial charge in [-0.3, -0.25) is 4.79 Å². The monoisotopic (exact) mass is 462 g/mol. The molecule has 0 aromatic heterocycles. The van der Waals surface area contributed by atoms with Crippen molar-refractivity contribution in [2.24, 2.45) is 5.10 Å². The highest BCUT2D eigenvalue weighted by molar-refractivity contribution is 9.10. The molecule has 0 radical (unpaired) electrons. The Morgan fingerprint density at radius 1 is 1.22 bits per heavy atom. The molecule has 1 aliphatic rings. The number of thiocarbonyl (C=S) groups is 1. The summed E-state index contributed by atoms with van der Waals surface area (Å²) in [4.78, 5) is 12.8. The van der Waals surface area contributed by atoms with Crippen LogP contribution in [0, 0.1) is 0 Å². The summed E-state index contributed by atoms with van der Waals surface area (Å²) in [5.41, 5.74) is 5.55. The van der Waals surface area contributed by atoms with Crippen molar-refractivity contribution in [1.82, 2.24) is 16.1 Å². The molecule has 5 nitrogen and oxygen atoms in total. The van der Waals surface area contributed by atoms with Crippen LogP contribution in [0.5, 0.6) is 0 Å². The largest absolute Gasteiger partial charge is 0.351 e. The summed E-state index contributed by atoms with van der Waals surface area (Å²) in [6, 6.07) is 14.5. The van der Waals surface area contributed by atoms with E-state index in [0.29, 0.717) is 21.4 Å². The van der Waals surface area contributed by atoms with E-state index < -0.39 is 0 Å². The average molecular weight is 464 g/mol. The van der Waals surface area contributed by atoms with Crippen molar-refractivity contribution >= 4 is 57.0 Å². The molecule has 0 spiro atoms. The number of carbonyl (C=O) groups is 1. The summed E-state index contributed by atoms with van der Waals surface area (Å²) < 4.78 is 0.960. The molecule has 0 saturated carbocycles. The number of carbonyl (C=O) groups excluding carboxylic acids is 1. The van der Waals surface area contributed by atoms with E-state index in [1.165, 1.54) is 0 Å². The zero-order valence-electron chi connectivity index (χ0n) is 14.3. The molecule has 8 heteroatoms. The second kappa shape index (κ2) is 8.65. The van der Waals surface area contributed by atoms with Gasteiger partial charge in [0.25, 0.3) is 5.91 Å². The molecular weight excluding hydrogens is 448 g/mol. The predicted octanol–water partition coefficient (Wildman–Crippen LogP) is 4.05. The molecular formula is C19H16BrClN4OS. The number of hydrogen-bond acceptors (Lipinski definition) is 3. The van der Waals surface area contributed by atoms with Crippen molar-refractivity contribution < 1.29 is 4.79 Å². The van der Waals surface area contributed by atoms with Gasteiger partial charge in [-0.25, -0.2) is 5.43 Å². The first-order valence-corrected chi connectivity index (χ1v) is 9.64. The van der Waals surface area contributed by atoms with Gasteiger partial charge < -0.3 is 10.6 Å². The maximum Gasteiger partial charge on any atom is 0.271 e. The van der Waals surface area contributed by atoms with Gasteiger partial charge >= 0.3 is 0 Å². The number of nitrogens with zero attached hydrogens (tertiary/aromatic N) is 1. The first kappa shape index (κ1) is 19.5. The Hall–Kier alpha value is -2.22. The van der Waals surface area contributed by atoms with Crippen molar-refractivity contribution in [3.8, 4) is 0 Å². The van der Waals surface area contributed by atoms with Crippen LogP contribution in [-0.2, 0) is 4.79 Å². The smallest absolute Gasteiger partial charge is 0.271 e. The molecule has 1 atom stereocenters. The quantitative estimate of drug-likeness (QED) is 0.364. The molecule has 3 N–H and O–H groups in total. The van der Waals surface area contributed by atoms with E-state index in [1.807, 2.05) is 43.3 Å². The predicted molar refractivity (Wildman–Crippen MR) is 116 cm³/mol. The molecule has 0 saturated heterocycles. The van der Waals surface area contributed by atoms with Crippen molar-refractivity contribution in [3.63, 3.8) is 0 Å². The SMILES string of the molecule is CC1=C(C(=O)N/N=C/c2ccc(Cl)cc2)C(c2ccc(Br)cc2)NC(=S)N1. The van der Waals surface area contributed by atoms with Crippen molar-refractivity contribution in [2.45, 2.75) is 13.0 Å². The molecule has 1 amide bonds. The Labute approximate surface area is 176 Å². The van der Waals surface area contributed by atoms with Gasteiger partial charge in [0.15, 0.2) is 5.11 Å². The van der Waals surface area contributed by atoms with Gasteiger partial charge in [0.2, 0.25) is 0 Å². The number of amides is 1. The molecule has 0 aliphatic carbocycles. The lowest BCUT2D eigenvalue weighted by Gasteiger charge is -2.30. The minimum absolute atomic E-state index is 0.312. The molecule has 3 rings (SSSR count). The van der Waals surface area contributed by atoms with Crippen molar-refractivity contribution in [1.29, 1.82) is 0 Å². The third-order valence-electron chi connectivity index (χ3n) is 3.97. The van der Waals surface area contributed by atoms with Crippen LogP contribution in [0.15, 0.2) is 69.4 Å². The normalized spacial score (nSPS) is 16.9. The van der Waals surface area contributed by atoms with Crippen LogP contribution in [0.4, 0.5) is 0 Å². The van der Waals surface area contributed by atoms with E-state index >= 15 is 0 Å². The maximum absolute atomic E-state index is 12.8. The summed E-state index contributed by atoms with van der Waals surface area (Å²) in [6.07, 6.45) is 1.56. The Balaban J connectivity index is 1.81. The molecule has 0 bridgehead atoms. The molecule has 0 fully saturated rings. The number of allylic oxidation sites excluding steroid dienone is 1. The minimum atomic E-state index is -0.363. The zero-order valence-corrected chi connectivity index (χ0v) is 17.5. The number of hydrogen-bond donors (Lipinski definition) is 3. The fraction of sp³-hybridized carbons (Fsp3) is 0.105. The summed E-state index contributed by atoms with van der Waals surface area (Å²) >= 11 is 14.5. The molecule has 1 aliphatic heterocycles. The van der Waals surface area contributed by atoms with E-state index in [9.17, 15) is 4.79 Å². The van der Waals surface area contributed by atoms with Crippen molar-refractivity contribution in [3.05, 3.63) is 80.4 Å². The van der Waals surface area contributed by atoms with Crippen LogP contribution in [0.2, 0.25) is 5.02 Å². The Morgan fingerprint density at radius 2 is 1.89 bits per heavy atom. The van der Waals surface area contributed by atoms with Gasteiger partial charge in [-0.2, -0.15) is 5.10 Å². The Morgan fingerprint density at radius 3 is 2.56 bits per heavy atom. The molecule has 1 unspecified atom stereocenters. The third-order valence-corrected chi connectivity index (χ3v) is 4.97. The fourth-order valence-electron chi connectivity index (χ4n) is 2.67. The zero-order chi connectivity index (χ0) is 19.4. The Kier molecular flexibility index (Phi) is 6.26. The lowest BCUT2D eigenvalue weighted by molar-refractivity contribution is -0.117. The van der Waals surface area contributed by atoms with Crippen LogP contribution in [0.3, 0.4) is 0 Å². The topological polar surface area (TPSA) is 65.5 Å². The van der Waals surface area contributed by atoms with E-state index in [2.05, 4.69) is 37.1 Å². The highest BCUT2D eigenvalue weighted by Gasteiger charge is 2.29. The fourth-order valence-corrected chi connectivity index (χ4v) is 3.34. The standard InChI is InChI=1S/C19H16BrClN4OS/c1-11-16(18(26)25-22-10-12-2-8-15(21)9-3-12)17(24-19(27)23-11)13-4-6-14(20)7-5-13/h2-10,17H,1H3,(H,25,26)(H2,23,24,27)/b22-10+. The third kappa shape index (κ3) is 4.94. The van der Waals surface area contributed by atoms with E-state index in [1.54, 1.807) is 18.3 Å². The number of halogens is 2. The minimum Gasteiger partial charge on any atom is -0.351 e. The van der Waals surface area contributed by atoms with Crippen molar-refractivity contribution in [2.75, 3.05) is 0 Å². The van der Waals surface area contributed by atoms with E-state index in [4.69, 9.17) is 23.8 Å². The van der Waals surface area contributed by atoms with Gasteiger partial charge in [0.05, 0.1) is 17.8 Å². The average Bonchev–Trinajstić information content (AvgIpc) is 2.63. The summed E-state index contributed by atoms with van der Waals surface area (Å²) in [5, 5.41) is 11.3. The second-order valence-electron chi connectivity index (χ2n) is 5.87. The van der Waals surface area contributed by atoms with Gasteiger partial charge in [-0.15, -0.1) is 0 Å². The van der Waals surface area contributed by atoms with E-state index in [0.717, 1.165) is 15.6 Å². The molecule has 138 valence electrons. The van der Waals surface area contributed by atoms with Gasteiger partial charge in [0, 0.05) is 15.2 Å². The summed E-state index contributed by atoms with van der Waals surface area (Å²) in [5.74, 6) is -0.312. The second-order valence-corrected chi connectivity index (χ2v) is 7.63. The summed E-state index contributed by atoms with van der Waals surface area (Å²) in [7, 11) is 0. The van der Waals surface area contributed by atoms with Crippen LogP contribution in [-0.4, -0.2) is 17.2 Å². The van der Waals surface area contributed by atoms with Crippen LogP contribution < -0.4 is 16.1 Å². The molecule has 27 heavy (non-hydrogen) atoms.